The zero-order valence-corrected chi connectivity index (χ0v) is 9.54. The number of fused-ring (bicyclic) bond motifs is 1. The maximum Gasteiger partial charge on any atom is 0.0191 e. The number of rotatable bonds is 1. The molecule has 1 aromatic heterocycles. The maximum absolute atomic E-state index is 2.22. The molecule has 0 unspecified atom stereocenters. The molecule has 2 rings (SSSR count). The molecule has 2 aromatic rings. The van der Waals surface area contributed by atoms with Gasteiger partial charge in [-0.25, -0.2) is 0 Å². The van der Waals surface area contributed by atoms with Gasteiger partial charge in [0.15, 0.2) is 0 Å². The van der Waals surface area contributed by atoms with Gasteiger partial charge in [-0.2, -0.15) is 0 Å². The second kappa shape index (κ2) is 4.85. The van der Waals surface area contributed by atoms with E-state index in [0.717, 1.165) is 6.54 Å². The van der Waals surface area contributed by atoms with Crippen molar-refractivity contribution in [2.75, 3.05) is 0 Å². The van der Waals surface area contributed by atoms with Gasteiger partial charge in [-0.1, -0.05) is 31.5 Å². The highest BCUT2D eigenvalue weighted by molar-refractivity contribution is 5.82. The fourth-order valence-electron chi connectivity index (χ4n) is 1.50. The summed E-state index contributed by atoms with van der Waals surface area (Å²) in [5.74, 6) is 0. The number of hydrogen-bond donors (Lipinski definition) is 0. The standard InChI is InChI=1S/C11H13N.C2H6/c1-3-12-7-10-5-4-9(2)6-11(10)8-12;1-2/h4-8H,3H2,1-2H3;1-2H3. The van der Waals surface area contributed by atoms with Gasteiger partial charge in [0.25, 0.3) is 0 Å². The number of hydrogen-bond acceptors (Lipinski definition) is 0. The van der Waals surface area contributed by atoms with Crippen LogP contribution >= 0.6 is 0 Å². The summed E-state index contributed by atoms with van der Waals surface area (Å²) >= 11 is 0. The molecule has 76 valence electrons. The van der Waals surface area contributed by atoms with Crippen molar-refractivity contribution in [3.63, 3.8) is 0 Å². The van der Waals surface area contributed by atoms with E-state index in [1.165, 1.54) is 16.3 Å². The number of aryl methyl sites for hydroxylation is 2. The maximum atomic E-state index is 2.22. The molecular weight excluding hydrogens is 170 g/mol. The van der Waals surface area contributed by atoms with Crippen LogP contribution in [0, 0.1) is 6.92 Å². The van der Waals surface area contributed by atoms with Gasteiger partial charge in [-0.15, -0.1) is 0 Å². The third kappa shape index (κ3) is 2.16. The van der Waals surface area contributed by atoms with Crippen molar-refractivity contribution in [2.24, 2.45) is 0 Å². The Hall–Kier alpha value is -1.24. The number of nitrogens with zero attached hydrogens (tertiary/aromatic N) is 1. The number of aromatic nitrogens is 1. The van der Waals surface area contributed by atoms with Gasteiger partial charge in [0, 0.05) is 18.9 Å². The average molecular weight is 189 g/mol. The highest BCUT2D eigenvalue weighted by Crippen LogP contribution is 2.16. The fraction of sp³-hybridized carbons (Fsp3) is 0.385. The van der Waals surface area contributed by atoms with E-state index in [1.807, 2.05) is 13.8 Å². The molecule has 1 heteroatoms. The second-order valence-electron chi connectivity index (χ2n) is 3.22. The summed E-state index contributed by atoms with van der Waals surface area (Å²) in [6, 6.07) is 6.56. The molecule has 0 bridgehead atoms. The summed E-state index contributed by atoms with van der Waals surface area (Å²) in [5, 5.41) is 2.68. The van der Waals surface area contributed by atoms with Gasteiger partial charge in [0.2, 0.25) is 0 Å². The lowest BCUT2D eigenvalue weighted by atomic mass is 10.1. The Labute approximate surface area is 86.4 Å². The van der Waals surface area contributed by atoms with Crippen LogP contribution in [0.25, 0.3) is 10.8 Å². The lowest BCUT2D eigenvalue weighted by Gasteiger charge is -1.90. The van der Waals surface area contributed by atoms with Gasteiger partial charge in [-0.3, -0.25) is 0 Å². The molecule has 0 aliphatic heterocycles. The molecule has 0 saturated heterocycles. The largest absolute Gasteiger partial charge is 0.353 e. The van der Waals surface area contributed by atoms with Crippen LogP contribution in [0.5, 0.6) is 0 Å². The minimum absolute atomic E-state index is 1.05. The highest BCUT2D eigenvalue weighted by Gasteiger charge is 1.96. The summed E-state index contributed by atoms with van der Waals surface area (Å²) in [7, 11) is 0. The monoisotopic (exact) mass is 189 g/mol. The van der Waals surface area contributed by atoms with Crippen LogP contribution in [0.1, 0.15) is 26.3 Å². The Balaban J connectivity index is 0.000000461. The first-order chi connectivity index (χ1) is 6.79. The Morgan fingerprint density at radius 2 is 1.71 bits per heavy atom. The van der Waals surface area contributed by atoms with E-state index in [0.29, 0.717) is 0 Å². The predicted octanol–water partition coefficient (Wildman–Crippen LogP) is 4.00. The van der Waals surface area contributed by atoms with E-state index in [4.69, 9.17) is 0 Å². The quantitative estimate of drug-likeness (QED) is 0.639. The molecule has 0 amide bonds. The second-order valence-corrected chi connectivity index (χ2v) is 3.22. The van der Waals surface area contributed by atoms with Crippen molar-refractivity contribution in [1.82, 2.24) is 4.57 Å². The molecule has 0 radical (unpaired) electrons. The predicted molar refractivity (Wildman–Crippen MR) is 63.7 cm³/mol. The zero-order valence-electron chi connectivity index (χ0n) is 9.54. The number of benzene rings is 1. The Bertz CT molecular complexity index is 399. The molecule has 0 fully saturated rings. The smallest absolute Gasteiger partial charge is 0.0191 e. The first-order valence-corrected chi connectivity index (χ1v) is 5.36. The van der Waals surface area contributed by atoms with Crippen molar-refractivity contribution in [3.05, 3.63) is 36.2 Å². The normalized spacial score (nSPS) is 9.71. The SMILES string of the molecule is CC.CCn1cc2ccc(C)cc2c1. The van der Waals surface area contributed by atoms with Crippen LogP contribution in [0.3, 0.4) is 0 Å². The van der Waals surface area contributed by atoms with Crippen LogP contribution in [-0.2, 0) is 6.54 Å². The molecule has 1 heterocycles. The minimum Gasteiger partial charge on any atom is -0.353 e. The van der Waals surface area contributed by atoms with Crippen LogP contribution in [0.2, 0.25) is 0 Å². The molecule has 0 N–H and O–H groups in total. The molecule has 0 atom stereocenters. The highest BCUT2D eigenvalue weighted by atomic mass is 14.9. The van der Waals surface area contributed by atoms with Crippen LogP contribution < -0.4 is 0 Å². The Morgan fingerprint density at radius 3 is 2.36 bits per heavy atom. The molecule has 0 aliphatic rings. The summed E-state index contributed by atoms with van der Waals surface area (Å²) in [4.78, 5) is 0. The van der Waals surface area contributed by atoms with Crippen molar-refractivity contribution in [1.29, 1.82) is 0 Å². The summed E-state index contributed by atoms with van der Waals surface area (Å²) < 4.78 is 2.21. The van der Waals surface area contributed by atoms with Crippen LogP contribution in [0.4, 0.5) is 0 Å². The first kappa shape index (κ1) is 10.8. The Morgan fingerprint density at radius 1 is 1.07 bits per heavy atom. The zero-order chi connectivity index (χ0) is 10.6. The van der Waals surface area contributed by atoms with Crippen molar-refractivity contribution >= 4 is 10.8 Å². The van der Waals surface area contributed by atoms with E-state index >= 15 is 0 Å². The average Bonchev–Trinajstić information content (AvgIpc) is 2.62. The van der Waals surface area contributed by atoms with E-state index in [1.54, 1.807) is 0 Å². The molecule has 14 heavy (non-hydrogen) atoms. The third-order valence-electron chi connectivity index (χ3n) is 2.22. The van der Waals surface area contributed by atoms with Crippen LogP contribution in [0.15, 0.2) is 30.6 Å². The van der Waals surface area contributed by atoms with E-state index in [-0.39, 0.29) is 0 Å². The Kier molecular flexibility index (Phi) is 3.75. The van der Waals surface area contributed by atoms with Gasteiger partial charge in [0.1, 0.15) is 0 Å². The third-order valence-corrected chi connectivity index (χ3v) is 2.22. The van der Waals surface area contributed by atoms with Gasteiger partial charge in [-0.05, 0) is 30.7 Å². The summed E-state index contributed by atoms with van der Waals surface area (Å²) in [6.45, 7) is 9.34. The lowest BCUT2D eigenvalue weighted by molar-refractivity contribution is 0.773. The molecule has 0 aliphatic carbocycles. The molecule has 0 spiro atoms. The van der Waals surface area contributed by atoms with Gasteiger partial charge >= 0.3 is 0 Å². The minimum atomic E-state index is 1.05. The summed E-state index contributed by atoms with van der Waals surface area (Å²) in [6.07, 6.45) is 4.39. The van der Waals surface area contributed by atoms with Crippen LogP contribution in [-0.4, -0.2) is 4.57 Å². The molecule has 1 nitrogen and oxygen atoms in total. The molecule has 0 saturated carbocycles. The first-order valence-electron chi connectivity index (χ1n) is 5.36. The van der Waals surface area contributed by atoms with E-state index < -0.39 is 0 Å². The molecule has 1 aromatic carbocycles. The van der Waals surface area contributed by atoms with E-state index in [9.17, 15) is 0 Å². The van der Waals surface area contributed by atoms with Gasteiger partial charge in [0.05, 0.1) is 0 Å². The van der Waals surface area contributed by atoms with E-state index in [2.05, 4.69) is 49.0 Å². The lowest BCUT2D eigenvalue weighted by Crippen LogP contribution is -1.85. The molecular formula is C13H19N. The topological polar surface area (TPSA) is 4.93 Å². The van der Waals surface area contributed by atoms with Crippen molar-refractivity contribution in [3.8, 4) is 0 Å². The van der Waals surface area contributed by atoms with Gasteiger partial charge < -0.3 is 4.57 Å². The fourth-order valence-corrected chi connectivity index (χ4v) is 1.50. The van der Waals surface area contributed by atoms with Crippen molar-refractivity contribution in [2.45, 2.75) is 34.2 Å². The van der Waals surface area contributed by atoms with Crippen molar-refractivity contribution < 1.29 is 0 Å². The summed E-state index contributed by atoms with van der Waals surface area (Å²) in [5.41, 5.74) is 1.33.